The Morgan fingerprint density at radius 3 is 2.67 bits per heavy atom. The maximum absolute atomic E-state index is 12.3. The Labute approximate surface area is 158 Å². The van der Waals surface area contributed by atoms with Gasteiger partial charge in [-0.3, -0.25) is 0 Å². The quantitative estimate of drug-likeness (QED) is 0.491. The van der Waals surface area contributed by atoms with Crippen molar-refractivity contribution >= 4 is 12.2 Å². The lowest BCUT2D eigenvalue weighted by atomic mass is 10.0. The molecular weight excluding hydrogens is 350 g/mol. The Morgan fingerprint density at radius 1 is 1.33 bits per heavy atom. The zero-order valence-electron chi connectivity index (χ0n) is 15.8. The Morgan fingerprint density at radius 2 is 2.04 bits per heavy atom. The van der Waals surface area contributed by atoms with Gasteiger partial charge in [0.25, 0.3) is 0 Å². The second-order valence-corrected chi connectivity index (χ2v) is 7.30. The van der Waals surface area contributed by atoms with Crippen LogP contribution in [0, 0.1) is 0 Å². The van der Waals surface area contributed by atoms with E-state index in [1.165, 1.54) is 4.90 Å². The number of rotatable bonds is 4. The Hall–Kier alpha value is -2.93. The van der Waals surface area contributed by atoms with Crippen molar-refractivity contribution in [2.45, 2.75) is 51.5 Å². The Kier molecular flexibility index (Phi) is 6.90. The number of ether oxygens (including phenoxy) is 2. The summed E-state index contributed by atoms with van der Waals surface area (Å²) in [5, 5.41) is 6.45. The first-order chi connectivity index (χ1) is 12.8. The van der Waals surface area contributed by atoms with Crippen LogP contribution in [0.1, 0.15) is 32.8 Å². The third kappa shape index (κ3) is 6.71. The van der Waals surface area contributed by atoms with Gasteiger partial charge in [-0.05, 0) is 38.3 Å². The number of benzene rings is 1. The number of hydrogen-bond acceptors (Lipinski definition) is 5. The minimum atomic E-state index is -0.625. The summed E-state index contributed by atoms with van der Waals surface area (Å²) in [6.07, 6.45) is -0.623. The number of amides is 2. The van der Waals surface area contributed by atoms with Gasteiger partial charge >= 0.3 is 12.2 Å². The van der Waals surface area contributed by atoms with Crippen molar-refractivity contribution < 1.29 is 19.1 Å². The smallest absolute Gasteiger partial charge is 0.410 e. The Bertz CT molecular complexity index is 697. The molecule has 1 aromatic rings. The normalized spacial score (nSPS) is 19.6. The van der Waals surface area contributed by atoms with Crippen LogP contribution in [-0.2, 0) is 16.1 Å². The van der Waals surface area contributed by atoms with E-state index in [-0.39, 0.29) is 13.2 Å². The summed E-state index contributed by atoms with van der Waals surface area (Å²) in [7, 11) is 0. The molecule has 27 heavy (non-hydrogen) atoms. The van der Waals surface area contributed by atoms with Gasteiger partial charge in [0.15, 0.2) is 0 Å². The molecule has 1 aliphatic rings. The second kappa shape index (κ2) is 9.14. The lowest BCUT2D eigenvalue weighted by Crippen LogP contribution is -2.55. The van der Waals surface area contributed by atoms with Crippen molar-refractivity contribution in [3.63, 3.8) is 0 Å². The third-order valence-electron chi connectivity index (χ3n) is 3.95. The van der Waals surface area contributed by atoms with Crippen LogP contribution in [0.4, 0.5) is 9.59 Å². The molecule has 1 heterocycles. The molecule has 9 nitrogen and oxygen atoms in total. The molecule has 1 fully saturated rings. The number of nitrogens with zero attached hydrogens (tertiary/aromatic N) is 4. The van der Waals surface area contributed by atoms with Crippen LogP contribution in [0.3, 0.4) is 0 Å². The number of hydrogen-bond donors (Lipinski definition) is 1. The van der Waals surface area contributed by atoms with Crippen molar-refractivity contribution in [3.05, 3.63) is 46.3 Å². The number of likely N-dealkylation sites (tertiary alicyclic amines) is 1. The van der Waals surface area contributed by atoms with Gasteiger partial charge in [0.2, 0.25) is 0 Å². The summed E-state index contributed by atoms with van der Waals surface area (Å²) >= 11 is 0. The molecule has 1 aliphatic heterocycles. The predicted molar refractivity (Wildman–Crippen MR) is 98.9 cm³/mol. The van der Waals surface area contributed by atoms with Gasteiger partial charge in [0.1, 0.15) is 12.2 Å². The van der Waals surface area contributed by atoms with Gasteiger partial charge in [-0.25, -0.2) is 9.59 Å². The maximum Gasteiger partial charge on any atom is 0.410 e. The fourth-order valence-electron chi connectivity index (χ4n) is 2.72. The molecule has 2 amide bonds. The van der Waals surface area contributed by atoms with Crippen LogP contribution in [0.25, 0.3) is 10.4 Å². The van der Waals surface area contributed by atoms with Crippen molar-refractivity contribution in [2.24, 2.45) is 5.11 Å². The molecule has 0 spiro atoms. The Balaban J connectivity index is 1.91. The van der Waals surface area contributed by atoms with E-state index in [2.05, 4.69) is 15.3 Å². The maximum atomic E-state index is 12.3. The summed E-state index contributed by atoms with van der Waals surface area (Å²) in [6, 6.07) is 8.36. The summed E-state index contributed by atoms with van der Waals surface area (Å²) in [5.41, 5.74) is 9.08. The van der Waals surface area contributed by atoms with Gasteiger partial charge in [-0.2, -0.15) is 0 Å². The van der Waals surface area contributed by atoms with Gasteiger partial charge in [0.05, 0.1) is 6.04 Å². The summed E-state index contributed by atoms with van der Waals surface area (Å²) in [6.45, 7) is 6.01. The van der Waals surface area contributed by atoms with Crippen LogP contribution >= 0.6 is 0 Å². The first kappa shape index (κ1) is 20.4. The predicted octanol–water partition coefficient (Wildman–Crippen LogP) is 3.60. The standard InChI is InChI=1S/C18H25N5O4/c1-18(2,3)27-16(24)20-14-9-10-23(11-15(14)21-22-19)17(25)26-12-13-7-5-4-6-8-13/h4-8,14-15H,9-12H2,1-3H3,(H,20,24)/t14-,15+/m1/s1. The molecule has 0 unspecified atom stereocenters. The van der Waals surface area contributed by atoms with Gasteiger partial charge in [0, 0.05) is 24.0 Å². The van der Waals surface area contributed by atoms with Gasteiger partial charge < -0.3 is 19.7 Å². The molecule has 1 saturated heterocycles. The second-order valence-electron chi connectivity index (χ2n) is 7.30. The SMILES string of the molecule is CC(C)(C)OC(=O)N[C@@H]1CCN(C(=O)OCc2ccccc2)C[C@@H]1N=[N+]=[N-]. The molecule has 2 atom stereocenters. The number of azide groups is 1. The monoisotopic (exact) mass is 375 g/mol. The van der Waals surface area contributed by atoms with Crippen molar-refractivity contribution in [3.8, 4) is 0 Å². The molecular formula is C18H25N5O4. The molecule has 146 valence electrons. The number of carbonyl (C=O) groups excluding carboxylic acids is 2. The van der Waals surface area contributed by atoms with Crippen LogP contribution in [0.5, 0.6) is 0 Å². The largest absolute Gasteiger partial charge is 0.445 e. The lowest BCUT2D eigenvalue weighted by molar-refractivity contribution is 0.0455. The van der Waals surface area contributed by atoms with Crippen LogP contribution in [0.15, 0.2) is 35.4 Å². The van der Waals surface area contributed by atoms with E-state index in [4.69, 9.17) is 15.0 Å². The van der Waals surface area contributed by atoms with E-state index in [0.29, 0.717) is 13.0 Å². The first-order valence-corrected chi connectivity index (χ1v) is 8.78. The molecule has 1 aromatic carbocycles. The molecule has 0 aliphatic carbocycles. The van der Waals surface area contributed by atoms with Crippen molar-refractivity contribution in [2.75, 3.05) is 13.1 Å². The molecule has 0 radical (unpaired) electrons. The number of alkyl carbamates (subject to hydrolysis) is 1. The topological polar surface area (TPSA) is 117 Å². The fraction of sp³-hybridized carbons (Fsp3) is 0.556. The molecule has 9 heteroatoms. The number of nitrogens with one attached hydrogen (secondary N) is 1. The van der Waals surface area contributed by atoms with Crippen molar-refractivity contribution in [1.82, 2.24) is 10.2 Å². The van der Waals surface area contributed by atoms with Gasteiger partial charge in [-0.1, -0.05) is 35.4 Å². The average molecular weight is 375 g/mol. The van der Waals surface area contributed by atoms with Crippen LogP contribution in [0.2, 0.25) is 0 Å². The fourth-order valence-corrected chi connectivity index (χ4v) is 2.72. The number of carbonyl (C=O) groups is 2. The van der Waals surface area contributed by atoms with Crippen molar-refractivity contribution in [1.29, 1.82) is 0 Å². The highest BCUT2D eigenvalue weighted by Gasteiger charge is 2.33. The van der Waals surface area contributed by atoms with Crippen LogP contribution < -0.4 is 5.32 Å². The highest BCUT2D eigenvalue weighted by atomic mass is 16.6. The molecule has 0 bridgehead atoms. The first-order valence-electron chi connectivity index (χ1n) is 8.78. The third-order valence-corrected chi connectivity index (χ3v) is 3.95. The zero-order chi connectivity index (χ0) is 19.9. The van der Waals surface area contributed by atoms with Crippen LogP contribution in [-0.4, -0.2) is 47.9 Å². The average Bonchev–Trinajstić information content (AvgIpc) is 2.60. The van der Waals surface area contributed by atoms with E-state index in [1.54, 1.807) is 20.8 Å². The summed E-state index contributed by atoms with van der Waals surface area (Å²) in [4.78, 5) is 28.6. The van der Waals surface area contributed by atoms with E-state index in [9.17, 15) is 9.59 Å². The highest BCUT2D eigenvalue weighted by molar-refractivity contribution is 5.69. The van der Waals surface area contributed by atoms with E-state index >= 15 is 0 Å². The minimum absolute atomic E-state index is 0.165. The molecule has 1 N–H and O–H groups in total. The summed E-state index contributed by atoms with van der Waals surface area (Å²) < 4.78 is 10.6. The van der Waals surface area contributed by atoms with E-state index < -0.39 is 29.9 Å². The molecule has 0 saturated carbocycles. The molecule has 0 aromatic heterocycles. The summed E-state index contributed by atoms with van der Waals surface area (Å²) in [5.74, 6) is 0. The lowest BCUT2D eigenvalue weighted by Gasteiger charge is -2.36. The van der Waals surface area contributed by atoms with Gasteiger partial charge in [-0.15, -0.1) is 0 Å². The molecule has 2 rings (SSSR count). The minimum Gasteiger partial charge on any atom is -0.445 e. The zero-order valence-corrected chi connectivity index (χ0v) is 15.8. The number of piperidine rings is 1. The highest BCUT2D eigenvalue weighted by Crippen LogP contribution is 2.17. The van der Waals surface area contributed by atoms with E-state index in [1.807, 2.05) is 30.3 Å². The van der Waals surface area contributed by atoms with E-state index in [0.717, 1.165) is 5.56 Å².